The Bertz CT molecular complexity index is 806. The molecule has 0 radical (unpaired) electrons. The molecule has 116 valence electrons. The number of hydrogen-bond donors (Lipinski definition) is 0. The van der Waals surface area contributed by atoms with Crippen LogP contribution in [0.5, 0.6) is 11.5 Å². The summed E-state index contributed by atoms with van der Waals surface area (Å²) in [5, 5.41) is 8.93. The van der Waals surface area contributed by atoms with Gasteiger partial charge in [0.25, 0.3) is 0 Å². The molecule has 2 aromatic rings. The van der Waals surface area contributed by atoms with Crippen molar-refractivity contribution in [3.05, 3.63) is 53.3 Å². The largest absolute Gasteiger partial charge is 0.497 e. The third-order valence-electron chi connectivity index (χ3n) is 3.08. The Labute approximate surface area is 133 Å². The van der Waals surface area contributed by atoms with E-state index >= 15 is 0 Å². The van der Waals surface area contributed by atoms with Crippen LogP contribution in [0.4, 0.5) is 10.1 Å². The molecule has 23 heavy (non-hydrogen) atoms. The Hall–Kier alpha value is -3.16. The minimum atomic E-state index is -0.589. The normalized spacial score (nSPS) is 9.48. The lowest BCUT2D eigenvalue weighted by Gasteiger charge is -2.07. The molecule has 5 nitrogen and oxygen atoms in total. The Morgan fingerprint density at radius 3 is 2.70 bits per heavy atom. The van der Waals surface area contributed by atoms with Gasteiger partial charge >= 0.3 is 0 Å². The van der Waals surface area contributed by atoms with Gasteiger partial charge < -0.3 is 9.47 Å². The van der Waals surface area contributed by atoms with Crippen molar-refractivity contribution in [2.24, 2.45) is 9.98 Å². The maximum atomic E-state index is 13.6. The van der Waals surface area contributed by atoms with E-state index in [0.29, 0.717) is 11.5 Å². The molecule has 0 atom stereocenters. The highest BCUT2D eigenvalue weighted by molar-refractivity contribution is 5.60. The number of nitriles is 1. The Kier molecular flexibility index (Phi) is 5.45. The Morgan fingerprint density at radius 1 is 1.17 bits per heavy atom. The van der Waals surface area contributed by atoms with Crippen molar-refractivity contribution >= 4 is 11.7 Å². The maximum Gasteiger partial charge on any atom is 0.151 e. The van der Waals surface area contributed by atoms with Gasteiger partial charge in [0.2, 0.25) is 0 Å². The Morgan fingerprint density at radius 2 is 2.00 bits per heavy atom. The molecule has 2 rings (SSSR count). The van der Waals surface area contributed by atoms with Gasteiger partial charge in [-0.05, 0) is 24.3 Å². The summed E-state index contributed by atoms with van der Waals surface area (Å²) >= 11 is 0. The molecule has 0 heterocycles. The highest BCUT2D eigenvalue weighted by Gasteiger charge is 2.06. The van der Waals surface area contributed by atoms with E-state index in [0.717, 1.165) is 5.56 Å². The van der Waals surface area contributed by atoms with Crippen LogP contribution in [0.1, 0.15) is 11.1 Å². The number of benzene rings is 2. The minimum Gasteiger partial charge on any atom is -0.497 e. The van der Waals surface area contributed by atoms with E-state index in [1.165, 1.54) is 18.2 Å². The van der Waals surface area contributed by atoms with Crippen LogP contribution in [-0.2, 0) is 6.54 Å². The highest BCUT2D eigenvalue weighted by atomic mass is 19.1. The first-order valence-electron chi connectivity index (χ1n) is 6.71. The van der Waals surface area contributed by atoms with Crippen LogP contribution in [0.2, 0.25) is 0 Å². The molecule has 0 saturated carbocycles. The molecule has 0 unspecified atom stereocenters. The molecule has 0 fully saturated rings. The average molecular weight is 311 g/mol. The number of halogens is 1. The van der Waals surface area contributed by atoms with E-state index in [2.05, 4.69) is 16.0 Å². The first kappa shape index (κ1) is 16.2. The van der Waals surface area contributed by atoms with Crippen molar-refractivity contribution in [3.8, 4) is 17.6 Å². The van der Waals surface area contributed by atoms with E-state index < -0.39 is 5.82 Å². The van der Waals surface area contributed by atoms with E-state index in [1.54, 1.807) is 26.4 Å². The second-order valence-corrected chi connectivity index (χ2v) is 4.45. The molecule has 0 saturated heterocycles. The zero-order chi connectivity index (χ0) is 16.7. The fourth-order valence-corrected chi connectivity index (χ4v) is 1.91. The third kappa shape index (κ3) is 3.94. The molecule has 0 bridgehead atoms. The number of para-hydroxylation sites is 1. The second kappa shape index (κ2) is 7.74. The summed E-state index contributed by atoms with van der Waals surface area (Å²) in [6.45, 7) is 0.257. The molecular weight excluding hydrogens is 297 g/mol. The van der Waals surface area contributed by atoms with Crippen LogP contribution < -0.4 is 9.47 Å². The van der Waals surface area contributed by atoms with Crippen molar-refractivity contribution in [2.75, 3.05) is 14.2 Å². The van der Waals surface area contributed by atoms with Gasteiger partial charge in [-0.3, -0.25) is 0 Å². The van der Waals surface area contributed by atoms with E-state index in [4.69, 9.17) is 14.7 Å². The summed E-state index contributed by atoms with van der Waals surface area (Å²) in [4.78, 5) is 7.81. The van der Waals surface area contributed by atoms with Gasteiger partial charge in [0.15, 0.2) is 5.82 Å². The van der Waals surface area contributed by atoms with Gasteiger partial charge in [-0.1, -0.05) is 6.07 Å². The first-order valence-corrected chi connectivity index (χ1v) is 6.71. The zero-order valence-electron chi connectivity index (χ0n) is 12.7. The third-order valence-corrected chi connectivity index (χ3v) is 3.08. The molecule has 0 aliphatic carbocycles. The van der Waals surface area contributed by atoms with Crippen LogP contribution in [0.15, 0.2) is 46.4 Å². The number of nitrogens with zero attached hydrogens (tertiary/aromatic N) is 3. The number of rotatable bonds is 5. The fourth-order valence-electron chi connectivity index (χ4n) is 1.91. The summed E-state index contributed by atoms with van der Waals surface area (Å²) < 4.78 is 24.0. The van der Waals surface area contributed by atoms with Crippen molar-refractivity contribution in [1.29, 1.82) is 5.26 Å². The quantitative estimate of drug-likeness (QED) is 0.790. The summed E-state index contributed by atoms with van der Waals surface area (Å²) in [6.07, 6.45) is 0. The standard InChI is InChI=1S/C17H14FN3O2/c1-22-14-7-6-13(16(8-14)23-2)10-20-11-21-17-12(9-19)4-3-5-15(17)18/h3-8H,10H2,1-2H3. The smallest absolute Gasteiger partial charge is 0.151 e. The second-order valence-electron chi connectivity index (χ2n) is 4.45. The van der Waals surface area contributed by atoms with Crippen molar-refractivity contribution < 1.29 is 13.9 Å². The molecule has 0 aromatic heterocycles. The Balaban J connectivity index is 2.21. The van der Waals surface area contributed by atoms with Gasteiger partial charge in [0, 0.05) is 11.6 Å². The van der Waals surface area contributed by atoms with E-state index in [-0.39, 0.29) is 17.8 Å². The number of aliphatic imine (C=N–C) groups is 2. The van der Waals surface area contributed by atoms with Crippen LogP contribution in [0.25, 0.3) is 0 Å². The van der Waals surface area contributed by atoms with Crippen LogP contribution >= 0.6 is 0 Å². The molecule has 2 aromatic carbocycles. The molecule has 0 amide bonds. The van der Waals surface area contributed by atoms with Gasteiger partial charge in [-0.25, -0.2) is 9.38 Å². The SMILES string of the molecule is COc1ccc(CN=C=Nc2c(F)cccc2C#N)c(OC)c1. The van der Waals surface area contributed by atoms with Gasteiger partial charge in [0.05, 0.1) is 32.3 Å². The van der Waals surface area contributed by atoms with Crippen LogP contribution in [-0.4, -0.2) is 20.2 Å². The summed E-state index contributed by atoms with van der Waals surface area (Å²) in [6, 6.07) is 13.8. The van der Waals surface area contributed by atoms with Gasteiger partial charge in [0.1, 0.15) is 23.3 Å². The zero-order valence-corrected chi connectivity index (χ0v) is 12.7. The predicted octanol–water partition coefficient (Wildman–Crippen LogP) is 3.72. The average Bonchev–Trinajstić information content (AvgIpc) is 2.59. The first-order chi connectivity index (χ1) is 11.2. The fraction of sp³-hybridized carbons (Fsp3) is 0.176. The van der Waals surface area contributed by atoms with Gasteiger partial charge in [-0.2, -0.15) is 10.3 Å². The van der Waals surface area contributed by atoms with Crippen LogP contribution in [0.3, 0.4) is 0 Å². The van der Waals surface area contributed by atoms with Crippen LogP contribution in [0, 0.1) is 17.1 Å². The number of hydrogen-bond acceptors (Lipinski definition) is 5. The van der Waals surface area contributed by atoms with Crippen molar-refractivity contribution in [1.82, 2.24) is 0 Å². The molecule has 6 heteroatoms. The predicted molar refractivity (Wildman–Crippen MR) is 83.9 cm³/mol. The summed E-state index contributed by atoms with van der Waals surface area (Å²) in [5.74, 6) is 0.709. The lowest BCUT2D eigenvalue weighted by molar-refractivity contribution is 0.391. The summed E-state index contributed by atoms with van der Waals surface area (Å²) in [5.41, 5.74) is 0.875. The lowest BCUT2D eigenvalue weighted by Crippen LogP contribution is -1.92. The highest BCUT2D eigenvalue weighted by Crippen LogP contribution is 2.25. The topological polar surface area (TPSA) is 67.0 Å². The number of ether oxygens (including phenoxy) is 2. The van der Waals surface area contributed by atoms with Gasteiger partial charge in [-0.15, -0.1) is 0 Å². The lowest BCUT2D eigenvalue weighted by atomic mass is 10.2. The van der Waals surface area contributed by atoms with E-state index in [1.807, 2.05) is 12.1 Å². The molecular formula is C17H14FN3O2. The molecule has 0 aliphatic heterocycles. The van der Waals surface area contributed by atoms with Crippen molar-refractivity contribution in [3.63, 3.8) is 0 Å². The maximum absolute atomic E-state index is 13.6. The molecule has 0 spiro atoms. The minimum absolute atomic E-state index is 0.0690. The monoisotopic (exact) mass is 311 g/mol. The van der Waals surface area contributed by atoms with Crippen molar-refractivity contribution in [2.45, 2.75) is 6.54 Å². The van der Waals surface area contributed by atoms with E-state index in [9.17, 15) is 4.39 Å². The summed E-state index contributed by atoms with van der Waals surface area (Å²) in [7, 11) is 3.12. The number of methoxy groups -OCH3 is 2. The molecule has 0 aliphatic rings. The molecule has 0 N–H and O–H groups in total.